The molecule has 0 spiro atoms. The fraction of sp³-hybridized carbons (Fsp3) is 0.0769. The monoisotopic (exact) mass is 297 g/mol. The molecule has 0 bridgehead atoms. The van der Waals surface area contributed by atoms with Gasteiger partial charge in [0.15, 0.2) is 0 Å². The van der Waals surface area contributed by atoms with E-state index in [0.717, 1.165) is 5.56 Å². The van der Waals surface area contributed by atoms with E-state index in [-0.39, 0.29) is 15.1 Å². The fourth-order valence-corrected chi connectivity index (χ4v) is 2.72. The second-order valence-corrected chi connectivity index (χ2v) is 6.24. The molecule has 0 fully saturated rings. The highest BCUT2D eigenvalue weighted by Crippen LogP contribution is 2.23. The van der Waals surface area contributed by atoms with Crippen LogP contribution >= 0.6 is 11.6 Å². The number of halogens is 1. The Bertz CT molecular complexity index is 666. The van der Waals surface area contributed by atoms with Crippen LogP contribution in [0.3, 0.4) is 0 Å². The summed E-state index contributed by atoms with van der Waals surface area (Å²) < 4.78 is 24.6. The molecule has 2 aromatic carbocycles. The predicted octanol–water partition coefficient (Wildman–Crippen LogP) is 3.23. The summed E-state index contributed by atoms with van der Waals surface area (Å²) in [6, 6.07) is 12.1. The predicted molar refractivity (Wildman–Crippen MR) is 74.1 cm³/mol. The van der Waals surface area contributed by atoms with E-state index in [0.29, 0.717) is 5.02 Å². The number of nitrogens with zero attached hydrogens (tertiary/aromatic N) is 1. The molecule has 100 valence electrons. The minimum Gasteiger partial charge on any atom is -0.274 e. The van der Waals surface area contributed by atoms with Crippen LogP contribution < -0.4 is 4.47 Å². The molecule has 2 rings (SSSR count). The van der Waals surface area contributed by atoms with Crippen molar-refractivity contribution in [1.29, 1.82) is 0 Å². The molecule has 0 radical (unpaired) electrons. The molecule has 0 amide bonds. The van der Waals surface area contributed by atoms with Gasteiger partial charge in [0.05, 0.1) is 10.6 Å². The molecule has 0 heterocycles. The van der Waals surface area contributed by atoms with Crippen LogP contribution in [0.5, 0.6) is 0 Å². The third-order valence-corrected chi connectivity index (χ3v) is 4.38. The summed E-state index contributed by atoms with van der Waals surface area (Å²) in [5.74, 6) is 0. The minimum atomic E-state index is -3.99. The maximum absolute atomic E-state index is 12.2. The first-order valence-electron chi connectivity index (χ1n) is 5.48. The van der Waals surface area contributed by atoms with Gasteiger partial charge in [0.25, 0.3) is 10.0 Å². The van der Waals surface area contributed by atoms with Gasteiger partial charge >= 0.3 is 0 Å². The molecule has 19 heavy (non-hydrogen) atoms. The van der Waals surface area contributed by atoms with Gasteiger partial charge in [0.2, 0.25) is 0 Å². The lowest BCUT2D eigenvalue weighted by Gasteiger charge is -2.17. The molecule has 0 aliphatic heterocycles. The maximum Gasteiger partial charge on any atom is 0.286 e. The Kier molecular flexibility index (Phi) is 3.80. The Morgan fingerprint density at radius 3 is 2.05 bits per heavy atom. The molecular formula is C13H12ClNO3S. The normalized spacial score (nSPS) is 11.3. The molecular weight excluding hydrogens is 286 g/mol. The van der Waals surface area contributed by atoms with E-state index >= 15 is 0 Å². The van der Waals surface area contributed by atoms with E-state index in [1.165, 1.54) is 36.4 Å². The van der Waals surface area contributed by atoms with Gasteiger partial charge in [0, 0.05) is 5.02 Å². The first-order chi connectivity index (χ1) is 8.91. The van der Waals surface area contributed by atoms with E-state index in [1.54, 1.807) is 12.1 Å². The maximum atomic E-state index is 12.2. The lowest BCUT2D eigenvalue weighted by molar-refractivity contribution is 0.316. The van der Waals surface area contributed by atoms with E-state index in [2.05, 4.69) is 0 Å². The first-order valence-corrected chi connectivity index (χ1v) is 7.29. The van der Waals surface area contributed by atoms with Gasteiger partial charge in [0.1, 0.15) is 0 Å². The SMILES string of the molecule is Cc1ccc(N(O)S(=O)(=O)c2ccc(Cl)cc2)cc1. The van der Waals surface area contributed by atoms with Crippen molar-refractivity contribution in [2.24, 2.45) is 0 Å². The molecule has 0 aliphatic rings. The lowest BCUT2D eigenvalue weighted by atomic mass is 10.2. The van der Waals surface area contributed by atoms with Crippen molar-refractivity contribution in [2.45, 2.75) is 11.8 Å². The summed E-state index contributed by atoms with van der Waals surface area (Å²) >= 11 is 5.70. The summed E-state index contributed by atoms with van der Waals surface area (Å²) in [4.78, 5) is -0.0278. The Morgan fingerprint density at radius 2 is 1.53 bits per heavy atom. The standard InChI is InChI=1S/C13H12ClNO3S/c1-10-2-6-12(7-3-10)15(16)19(17,18)13-8-4-11(14)5-9-13/h2-9,16H,1H3. The molecule has 2 aromatic rings. The smallest absolute Gasteiger partial charge is 0.274 e. The number of rotatable bonds is 3. The van der Waals surface area contributed by atoms with Crippen molar-refractivity contribution in [3.63, 3.8) is 0 Å². The number of hydrogen-bond acceptors (Lipinski definition) is 3. The van der Waals surface area contributed by atoms with Gasteiger partial charge in [-0.1, -0.05) is 29.3 Å². The third-order valence-electron chi connectivity index (χ3n) is 2.59. The van der Waals surface area contributed by atoms with E-state index < -0.39 is 10.0 Å². The molecule has 0 saturated carbocycles. The van der Waals surface area contributed by atoms with Gasteiger partial charge in [-0.25, -0.2) is 0 Å². The van der Waals surface area contributed by atoms with Crippen LogP contribution in [-0.2, 0) is 10.0 Å². The fourth-order valence-electron chi connectivity index (χ4n) is 1.52. The summed E-state index contributed by atoms with van der Waals surface area (Å²) in [5.41, 5.74) is 1.15. The zero-order valence-corrected chi connectivity index (χ0v) is 11.7. The van der Waals surface area contributed by atoms with Crippen molar-refractivity contribution in [2.75, 3.05) is 4.47 Å². The topological polar surface area (TPSA) is 57.6 Å². The average Bonchev–Trinajstić information content (AvgIpc) is 2.39. The van der Waals surface area contributed by atoms with Crippen molar-refractivity contribution in [3.05, 3.63) is 59.1 Å². The van der Waals surface area contributed by atoms with Crippen LogP contribution in [0.1, 0.15) is 5.56 Å². The van der Waals surface area contributed by atoms with Crippen LogP contribution in [0.4, 0.5) is 5.69 Å². The largest absolute Gasteiger partial charge is 0.286 e. The molecule has 6 heteroatoms. The Morgan fingerprint density at radius 1 is 1.00 bits per heavy atom. The van der Waals surface area contributed by atoms with Gasteiger partial charge in [-0.05, 0) is 43.3 Å². The second kappa shape index (κ2) is 5.21. The van der Waals surface area contributed by atoms with E-state index in [1.807, 2.05) is 6.92 Å². The van der Waals surface area contributed by atoms with E-state index in [4.69, 9.17) is 11.6 Å². The Balaban J connectivity index is 2.39. The number of anilines is 1. The number of aryl methyl sites for hydroxylation is 1. The molecule has 0 unspecified atom stereocenters. The molecule has 0 saturated heterocycles. The second-order valence-electron chi connectivity index (χ2n) is 4.04. The van der Waals surface area contributed by atoms with Crippen LogP contribution in [-0.4, -0.2) is 13.6 Å². The number of benzene rings is 2. The summed E-state index contributed by atoms with van der Waals surface area (Å²) in [6.07, 6.45) is 0. The highest BCUT2D eigenvalue weighted by Gasteiger charge is 2.23. The Hall–Kier alpha value is -1.56. The van der Waals surface area contributed by atoms with Crippen LogP contribution in [0.2, 0.25) is 5.02 Å². The van der Waals surface area contributed by atoms with Gasteiger partial charge < -0.3 is 0 Å². The third kappa shape index (κ3) is 2.89. The number of sulfonamides is 1. The zero-order chi connectivity index (χ0) is 14.0. The van der Waals surface area contributed by atoms with Crippen molar-refractivity contribution < 1.29 is 13.6 Å². The highest BCUT2D eigenvalue weighted by molar-refractivity contribution is 7.92. The summed E-state index contributed by atoms with van der Waals surface area (Å²) in [6.45, 7) is 1.87. The molecule has 0 aliphatic carbocycles. The number of hydrogen-bond donors (Lipinski definition) is 1. The molecule has 0 aromatic heterocycles. The minimum absolute atomic E-state index is 0.0278. The lowest BCUT2D eigenvalue weighted by Crippen LogP contribution is -2.27. The summed E-state index contributed by atoms with van der Waals surface area (Å²) in [5, 5.41) is 10.3. The van der Waals surface area contributed by atoms with Crippen LogP contribution in [0, 0.1) is 6.92 Å². The van der Waals surface area contributed by atoms with Crippen molar-refractivity contribution in [3.8, 4) is 0 Å². The highest BCUT2D eigenvalue weighted by atomic mass is 35.5. The molecule has 1 N–H and O–H groups in total. The van der Waals surface area contributed by atoms with Gasteiger partial charge in [-0.15, -0.1) is 4.47 Å². The van der Waals surface area contributed by atoms with Gasteiger partial charge in [-0.3, -0.25) is 5.21 Å². The molecule has 0 atom stereocenters. The van der Waals surface area contributed by atoms with Crippen LogP contribution in [0.15, 0.2) is 53.4 Å². The van der Waals surface area contributed by atoms with Gasteiger partial charge in [-0.2, -0.15) is 8.42 Å². The zero-order valence-electron chi connectivity index (χ0n) is 10.1. The first kappa shape index (κ1) is 13.9. The molecule has 4 nitrogen and oxygen atoms in total. The summed E-state index contributed by atoms with van der Waals surface area (Å²) in [7, 11) is -3.99. The quantitative estimate of drug-likeness (QED) is 0.885. The average molecular weight is 298 g/mol. The Labute approximate surface area is 116 Å². The van der Waals surface area contributed by atoms with Crippen molar-refractivity contribution in [1.82, 2.24) is 0 Å². The van der Waals surface area contributed by atoms with Crippen molar-refractivity contribution >= 4 is 27.3 Å². The van der Waals surface area contributed by atoms with Crippen LogP contribution in [0.25, 0.3) is 0 Å². The van der Waals surface area contributed by atoms with E-state index in [9.17, 15) is 13.6 Å².